The maximum atomic E-state index is 12.1. The van der Waals surface area contributed by atoms with Gasteiger partial charge in [-0.2, -0.15) is 0 Å². The summed E-state index contributed by atoms with van der Waals surface area (Å²) in [7, 11) is 0. The summed E-state index contributed by atoms with van der Waals surface area (Å²) in [6.45, 7) is 2.28. The van der Waals surface area contributed by atoms with Crippen molar-refractivity contribution in [2.75, 3.05) is 6.54 Å². The number of hydrogen-bond donors (Lipinski definition) is 2. The predicted molar refractivity (Wildman–Crippen MR) is 80.6 cm³/mol. The van der Waals surface area contributed by atoms with Gasteiger partial charge < -0.3 is 15.2 Å². The Morgan fingerprint density at radius 3 is 2.95 bits per heavy atom. The van der Waals surface area contributed by atoms with Gasteiger partial charge in [-0.15, -0.1) is 0 Å². The van der Waals surface area contributed by atoms with Crippen LogP contribution in [0.5, 0.6) is 0 Å². The Morgan fingerprint density at radius 1 is 1.38 bits per heavy atom. The SMILES string of the molecule is O=C(NCc1ccccc1Cn1ccnc1)C1CCCN1. The molecule has 0 saturated carbocycles. The van der Waals surface area contributed by atoms with E-state index in [-0.39, 0.29) is 11.9 Å². The molecule has 0 spiro atoms. The molecule has 1 atom stereocenters. The average Bonchev–Trinajstić information content (AvgIpc) is 3.19. The average molecular weight is 284 g/mol. The maximum absolute atomic E-state index is 12.1. The molecule has 110 valence electrons. The molecule has 0 radical (unpaired) electrons. The number of aromatic nitrogens is 2. The largest absolute Gasteiger partial charge is 0.351 e. The van der Waals surface area contributed by atoms with Crippen molar-refractivity contribution in [2.24, 2.45) is 0 Å². The molecule has 2 heterocycles. The minimum absolute atomic E-state index is 0.0224. The molecule has 0 aliphatic carbocycles. The van der Waals surface area contributed by atoms with E-state index in [4.69, 9.17) is 0 Å². The molecule has 2 aromatic rings. The number of hydrogen-bond acceptors (Lipinski definition) is 3. The quantitative estimate of drug-likeness (QED) is 0.870. The van der Waals surface area contributed by atoms with E-state index in [2.05, 4.69) is 27.8 Å². The van der Waals surface area contributed by atoms with Crippen LogP contribution in [0.3, 0.4) is 0 Å². The van der Waals surface area contributed by atoms with Gasteiger partial charge in [0.2, 0.25) is 5.91 Å². The number of carbonyl (C=O) groups excluding carboxylic acids is 1. The number of nitrogens with one attached hydrogen (secondary N) is 2. The number of nitrogens with zero attached hydrogens (tertiary/aromatic N) is 2. The van der Waals surface area contributed by atoms with E-state index < -0.39 is 0 Å². The van der Waals surface area contributed by atoms with E-state index in [0.29, 0.717) is 6.54 Å². The van der Waals surface area contributed by atoms with Crippen LogP contribution in [0.2, 0.25) is 0 Å². The Balaban J connectivity index is 1.63. The first kappa shape index (κ1) is 13.8. The van der Waals surface area contributed by atoms with Crippen LogP contribution in [0, 0.1) is 0 Å². The van der Waals surface area contributed by atoms with Gasteiger partial charge in [-0.05, 0) is 30.5 Å². The van der Waals surface area contributed by atoms with E-state index in [0.717, 1.165) is 31.5 Å². The number of carbonyl (C=O) groups is 1. The zero-order valence-corrected chi connectivity index (χ0v) is 12.0. The Morgan fingerprint density at radius 2 is 2.24 bits per heavy atom. The second-order valence-corrected chi connectivity index (χ2v) is 5.37. The van der Waals surface area contributed by atoms with Crippen molar-refractivity contribution in [1.82, 2.24) is 20.2 Å². The molecule has 1 saturated heterocycles. The third-order valence-corrected chi connectivity index (χ3v) is 3.86. The smallest absolute Gasteiger partial charge is 0.237 e. The number of rotatable bonds is 5. The van der Waals surface area contributed by atoms with Gasteiger partial charge in [-0.25, -0.2) is 4.98 Å². The Hall–Kier alpha value is -2.14. The lowest BCUT2D eigenvalue weighted by Crippen LogP contribution is -2.40. The zero-order chi connectivity index (χ0) is 14.5. The van der Waals surface area contributed by atoms with E-state index in [9.17, 15) is 4.79 Å². The molecule has 5 nitrogen and oxygen atoms in total. The Bertz CT molecular complexity index is 588. The molecule has 1 aliphatic rings. The number of amides is 1. The molecule has 1 aromatic carbocycles. The van der Waals surface area contributed by atoms with Gasteiger partial charge in [0.05, 0.1) is 12.4 Å². The van der Waals surface area contributed by atoms with Crippen molar-refractivity contribution in [1.29, 1.82) is 0 Å². The van der Waals surface area contributed by atoms with Gasteiger partial charge in [0, 0.05) is 25.5 Å². The van der Waals surface area contributed by atoms with Crippen molar-refractivity contribution in [3.05, 3.63) is 54.1 Å². The highest BCUT2D eigenvalue weighted by Gasteiger charge is 2.21. The Kier molecular flexibility index (Phi) is 4.31. The van der Waals surface area contributed by atoms with Gasteiger partial charge in [-0.1, -0.05) is 24.3 Å². The molecule has 1 aromatic heterocycles. The van der Waals surface area contributed by atoms with E-state index in [1.807, 2.05) is 22.9 Å². The van der Waals surface area contributed by atoms with Crippen molar-refractivity contribution in [2.45, 2.75) is 32.0 Å². The van der Waals surface area contributed by atoms with E-state index >= 15 is 0 Å². The van der Waals surface area contributed by atoms with Crippen molar-refractivity contribution < 1.29 is 4.79 Å². The third kappa shape index (κ3) is 3.49. The summed E-state index contributed by atoms with van der Waals surface area (Å²) in [5, 5.41) is 6.25. The second-order valence-electron chi connectivity index (χ2n) is 5.37. The van der Waals surface area contributed by atoms with E-state index in [1.165, 1.54) is 5.56 Å². The van der Waals surface area contributed by atoms with Crippen LogP contribution < -0.4 is 10.6 Å². The first-order chi connectivity index (χ1) is 10.3. The van der Waals surface area contributed by atoms with Crippen LogP contribution in [-0.2, 0) is 17.9 Å². The van der Waals surface area contributed by atoms with Crippen molar-refractivity contribution in [3.8, 4) is 0 Å². The molecule has 2 N–H and O–H groups in total. The third-order valence-electron chi connectivity index (χ3n) is 3.86. The molecule has 0 bridgehead atoms. The summed E-state index contributed by atoms with van der Waals surface area (Å²) in [4.78, 5) is 16.1. The van der Waals surface area contributed by atoms with Crippen molar-refractivity contribution in [3.63, 3.8) is 0 Å². The van der Waals surface area contributed by atoms with E-state index in [1.54, 1.807) is 12.5 Å². The molecule has 3 rings (SSSR count). The van der Waals surface area contributed by atoms with Crippen LogP contribution in [0.4, 0.5) is 0 Å². The molecule has 1 aliphatic heterocycles. The summed E-state index contributed by atoms with van der Waals surface area (Å²) in [6.07, 6.45) is 7.53. The molecule has 1 fully saturated rings. The minimum atomic E-state index is -0.0224. The second kappa shape index (κ2) is 6.54. The van der Waals surface area contributed by atoms with Crippen LogP contribution in [0.15, 0.2) is 43.0 Å². The minimum Gasteiger partial charge on any atom is -0.351 e. The Labute approximate surface area is 124 Å². The van der Waals surface area contributed by atoms with Crippen LogP contribution in [0.1, 0.15) is 24.0 Å². The molecular weight excluding hydrogens is 264 g/mol. The van der Waals surface area contributed by atoms with Crippen LogP contribution in [0.25, 0.3) is 0 Å². The fourth-order valence-corrected chi connectivity index (χ4v) is 2.68. The van der Waals surface area contributed by atoms with Crippen molar-refractivity contribution >= 4 is 5.91 Å². The van der Waals surface area contributed by atoms with Crippen LogP contribution >= 0.6 is 0 Å². The lowest BCUT2D eigenvalue weighted by Gasteiger charge is -2.14. The molecule has 21 heavy (non-hydrogen) atoms. The van der Waals surface area contributed by atoms with Gasteiger partial charge in [0.1, 0.15) is 0 Å². The number of benzene rings is 1. The number of imidazole rings is 1. The molecule has 5 heteroatoms. The standard InChI is InChI=1S/C16H20N4O/c21-16(15-6-3-7-18-15)19-10-13-4-1-2-5-14(13)11-20-9-8-17-12-20/h1-2,4-5,8-9,12,15,18H,3,6-7,10-11H2,(H,19,21). The maximum Gasteiger partial charge on any atom is 0.237 e. The summed E-state index contributed by atoms with van der Waals surface area (Å²) < 4.78 is 2.03. The molecule has 1 amide bonds. The fourth-order valence-electron chi connectivity index (χ4n) is 2.68. The summed E-state index contributed by atoms with van der Waals surface area (Å²) in [6, 6.07) is 8.16. The highest BCUT2D eigenvalue weighted by molar-refractivity contribution is 5.82. The highest BCUT2D eigenvalue weighted by Crippen LogP contribution is 2.11. The first-order valence-electron chi connectivity index (χ1n) is 7.36. The fraction of sp³-hybridized carbons (Fsp3) is 0.375. The van der Waals surface area contributed by atoms with Gasteiger partial charge in [-0.3, -0.25) is 4.79 Å². The summed E-state index contributed by atoms with van der Waals surface area (Å²) in [5.74, 6) is 0.102. The van der Waals surface area contributed by atoms with Gasteiger partial charge >= 0.3 is 0 Å². The van der Waals surface area contributed by atoms with Gasteiger partial charge in [0.15, 0.2) is 0 Å². The predicted octanol–water partition coefficient (Wildman–Crippen LogP) is 1.30. The topological polar surface area (TPSA) is 59.0 Å². The highest BCUT2D eigenvalue weighted by atomic mass is 16.2. The summed E-state index contributed by atoms with van der Waals surface area (Å²) in [5.41, 5.74) is 2.35. The van der Waals surface area contributed by atoms with Gasteiger partial charge in [0.25, 0.3) is 0 Å². The first-order valence-corrected chi connectivity index (χ1v) is 7.36. The normalized spacial score (nSPS) is 17.8. The molecular formula is C16H20N4O. The van der Waals surface area contributed by atoms with Crippen LogP contribution in [-0.4, -0.2) is 28.0 Å². The summed E-state index contributed by atoms with van der Waals surface area (Å²) >= 11 is 0. The molecule has 1 unspecified atom stereocenters. The lowest BCUT2D eigenvalue weighted by atomic mass is 10.1. The zero-order valence-electron chi connectivity index (χ0n) is 12.0. The monoisotopic (exact) mass is 284 g/mol. The lowest BCUT2D eigenvalue weighted by molar-refractivity contribution is -0.122.